The van der Waals surface area contributed by atoms with Crippen molar-refractivity contribution in [2.24, 2.45) is 5.92 Å². The Bertz CT molecular complexity index is 264. The molecule has 1 N–H and O–H groups in total. The molecule has 5 heteroatoms. The molecule has 1 rings (SSSR count). The summed E-state index contributed by atoms with van der Waals surface area (Å²) in [5.41, 5.74) is 0. The standard InChI is InChI=1S/C9H16BrN3S/c1-3-4-8(5-10)6-14-9-11-7(2)12-13-9/h8H,3-6H2,1-2H3,(H,11,12,13). The Balaban J connectivity index is 2.31. The smallest absolute Gasteiger partial charge is 0.208 e. The number of thioether (sulfide) groups is 1. The van der Waals surface area contributed by atoms with Gasteiger partial charge in [0.2, 0.25) is 5.16 Å². The van der Waals surface area contributed by atoms with Crippen LogP contribution in [-0.2, 0) is 0 Å². The third-order valence-electron chi connectivity index (χ3n) is 1.94. The highest BCUT2D eigenvalue weighted by molar-refractivity contribution is 9.09. The molecule has 1 atom stereocenters. The predicted octanol–water partition coefficient (Wildman–Crippen LogP) is 3.02. The van der Waals surface area contributed by atoms with E-state index in [1.54, 1.807) is 11.8 Å². The van der Waals surface area contributed by atoms with Gasteiger partial charge in [-0.15, -0.1) is 5.10 Å². The normalized spacial score (nSPS) is 13.1. The monoisotopic (exact) mass is 277 g/mol. The fourth-order valence-electron chi connectivity index (χ4n) is 1.19. The van der Waals surface area contributed by atoms with Crippen LogP contribution < -0.4 is 0 Å². The van der Waals surface area contributed by atoms with E-state index in [0.29, 0.717) is 0 Å². The number of aromatic amines is 1. The van der Waals surface area contributed by atoms with Gasteiger partial charge < -0.3 is 0 Å². The summed E-state index contributed by atoms with van der Waals surface area (Å²) in [5.74, 6) is 2.71. The summed E-state index contributed by atoms with van der Waals surface area (Å²) in [7, 11) is 0. The molecule has 0 aliphatic carbocycles. The molecule has 1 aromatic rings. The summed E-state index contributed by atoms with van der Waals surface area (Å²) in [6, 6.07) is 0. The van der Waals surface area contributed by atoms with E-state index in [0.717, 1.165) is 28.0 Å². The van der Waals surface area contributed by atoms with E-state index in [1.165, 1.54) is 12.8 Å². The van der Waals surface area contributed by atoms with Gasteiger partial charge in [-0.25, -0.2) is 4.98 Å². The average Bonchev–Trinajstić information content (AvgIpc) is 2.59. The van der Waals surface area contributed by atoms with Crippen molar-refractivity contribution in [3.63, 3.8) is 0 Å². The first kappa shape index (κ1) is 12.0. The summed E-state index contributed by atoms with van der Waals surface area (Å²) in [6.07, 6.45) is 2.51. The Morgan fingerprint density at radius 2 is 2.36 bits per heavy atom. The molecule has 0 radical (unpaired) electrons. The Kier molecular flexibility index (Phi) is 5.55. The van der Waals surface area contributed by atoms with Crippen LogP contribution in [0.4, 0.5) is 0 Å². The zero-order valence-corrected chi connectivity index (χ0v) is 11.0. The number of H-pyrrole nitrogens is 1. The maximum absolute atomic E-state index is 4.26. The van der Waals surface area contributed by atoms with Gasteiger partial charge in [0.05, 0.1) is 0 Å². The van der Waals surface area contributed by atoms with Crippen LogP contribution in [0.25, 0.3) is 0 Å². The minimum absolute atomic E-state index is 0.726. The quantitative estimate of drug-likeness (QED) is 0.642. The lowest BCUT2D eigenvalue weighted by atomic mass is 10.1. The fraction of sp³-hybridized carbons (Fsp3) is 0.778. The highest BCUT2D eigenvalue weighted by Gasteiger charge is 2.08. The predicted molar refractivity (Wildman–Crippen MR) is 64.0 cm³/mol. The van der Waals surface area contributed by atoms with Crippen LogP contribution in [0, 0.1) is 12.8 Å². The molecule has 0 spiro atoms. The third kappa shape index (κ3) is 4.00. The average molecular weight is 278 g/mol. The Hall–Kier alpha value is -0.0300. The van der Waals surface area contributed by atoms with Crippen molar-refractivity contribution in [1.82, 2.24) is 15.2 Å². The molecule has 0 aliphatic rings. The molecule has 0 bridgehead atoms. The molecular weight excluding hydrogens is 262 g/mol. The van der Waals surface area contributed by atoms with Crippen LogP contribution in [0.15, 0.2) is 5.16 Å². The van der Waals surface area contributed by atoms with Gasteiger partial charge in [-0.1, -0.05) is 41.0 Å². The van der Waals surface area contributed by atoms with E-state index in [-0.39, 0.29) is 0 Å². The van der Waals surface area contributed by atoms with Crippen LogP contribution >= 0.6 is 27.7 Å². The molecule has 0 saturated heterocycles. The minimum Gasteiger partial charge on any atom is -0.262 e. The molecule has 14 heavy (non-hydrogen) atoms. The highest BCUT2D eigenvalue weighted by Crippen LogP contribution is 2.20. The first-order valence-electron chi connectivity index (χ1n) is 4.84. The maximum atomic E-state index is 4.26. The topological polar surface area (TPSA) is 41.6 Å². The zero-order valence-electron chi connectivity index (χ0n) is 8.59. The summed E-state index contributed by atoms with van der Waals surface area (Å²) in [6.45, 7) is 4.14. The van der Waals surface area contributed by atoms with Crippen LogP contribution in [0.3, 0.4) is 0 Å². The second kappa shape index (κ2) is 6.45. The number of halogens is 1. The first-order valence-corrected chi connectivity index (χ1v) is 6.94. The van der Waals surface area contributed by atoms with E-state index in [1.807, 2.05) is 6.92 Å². The number of aromatic nitrogens is 3. The van der Waals surface area contributed by atoms with Crippen molar-refractivity contribution in [3.05, 3.63) is 5.82 Å². The van der Waals surface area contributed by atoms with E-state index in [2.05, 4.69) is 38.0 Å². The molecule has 0 aromatic carbocycles. The zero-order chi connectivity index (χ0) is 10.4. The van der Waals surface area contributed by atoms with E-state index >= 15 is 0 Å². The van der Waals surface area contributed by atoms with Crippen LogP contribution in [0.5, 0.6) is 0 Å². The van der Waals surface area contributed by atoms with Crippen molar-refractivity contribution < 1.29 is 0 Å². The summed E-state index contributed by atoms with van der Waals surface area (Å²) in [4.78, 5) is 4.26. The summed E-state index contributed by atoms with van der Waals surface area (Å²) in [5, 5.41) is 8.87. The maximum Gasteiger partial charge on any atom is 0.208 e. The minimum atomic E-state index is 0.726. The van der Waals surface area contributed by atoms with E-state index in [9.17, 15) is 0 Å². The van der Waals surface area contributed by atoms with Gasteiger partial charge in [0.1, 0.15) is 5.82 Å². The van der Waals surface area contributed by atoms with Gasteiger partial charge in [0.15, 0.2) is 0 Å². The molecule has 3 nitrogen and oxygen atoms in total. The summed E-state index contributed by atoms with van der Waals surface area (Å²) < 4.78 is 0. The lowest BCUT2D eigenvalue weighted by Crippen LogP contribution is -2.04. The number of rotatable bonds is 6. The summed E-state index contributed by atoms with van der Waals surface area (Å²) >= 11 is 5.26. The number of hydrogen-bond acceptors (Lipinski definition) is 3. The molecule has 0 aliphatic heterocycles. The van der Waals surface area contributed by atoms with Crippen molar-refractivity contribution in [1.29, 1.82) is 0 Å². The van der Waals surface area contributed by atoms with E-state index in [4.69, 9.17) is 0 Å². The van der Waals surface area contributed by atoms with Crippen molar-refractivity contribution >= 4 is 27.7 Å². The first-order chi connectivity index (χ1) is 6.76. The molecular formula is C9H16BrN3S. The fourth-order valence-corrected chi connectivity index (χ4v) is 3.03. The Morgan fingerprint density at radius 3 is 2.86 bits per heavy atom. The Labute approximate surface area is 97.6 Å². The number of nitrogens with zero attached hydrogens (tertiary/aromatic N) is 2. The van der Waals surface area contributed by atoms with Crippen LogP contribution in [0.1, 0.15) is 25.6 Å². The molecule has 1 heterocycles. The van der Waals surface area contributed by atoms with Gasteiger partial charge in [0.25, 0.3) is 0 Å². The van der Waals surface area contributed by atoms with Gasteiger partial charge in [-0.3, -0.25) is 5.10 Å². The van der Waals surface area contributed by atoms with Crippen molar-refractivity contribution in [2.45, 2.75) is 31.8 Å². The molecule has 80 valence electrons. The van der Waals surface area contributed by atoms with Crippen LogP contribution in [-0.4, -0.2) is 26.3 Å². The molecule has 0 saturated carbocycles. The number of aryl methyl sites for hydroxylation is 1. The molecule has 1 unspecified atom stereocenters. The lowest BCUT2D eigenvalue weighted by Gasteiger charge is -2.09. The van der Waals surface area contributed by atoms with Crippen molar-refractivity contribution in [3.8, 4) is 0 Å². The van der Waals surface area contributed by atoms with Gasteiger partial charge in [-0.05, 0) is 19.3 Å². The molecule has 0 amide bonds. The second-order valence-corrected chi connectivity index (χ2v) is 4.96. The third-order valence-corrected chi connectivity index (χ3v) is 3.93. The van der Waals surface area contributed by atoms with Crippen molar-refractivity contribution in [2.75, 3.05) is 11.1 Å². The number of alkyl halides is 1. The van der Waals surface area contributed by atoms with E-state index < -0.39 is 0 Å². The van der Waals surface area contributed by atoms with Gasteiger partial charge in [0, 0.05) is 11.1 Å². The van der Waals surface area contributed by atoms with Crippen LogP contribution in [0.2, 0.25) is 0 Å². The van der Waals surface area contributed by atoms with Gasteiger partial charge >= 0.3 is 0 Å². The molecule has 0 fully saturated rings. The molecule has 1 aromatic heterocycles. The number of hydrogen-bond donors (Lipinski definition) is 1. The second-order valence-electron chi connectivity index (χ2n) is 3.32. The SMILES string of the molecule is CCCC(CBr)CSc1n[nH]c(C)n1. The van der Waals surface area contributed by atoms with Gasteiger partial charge in [-0.2, -0.15) is 0 Å². The number of nitrogens with one attached hydrogen (secondary N) is 1. The highest BCUT2D eigenvalue weighted by atomic mass is 79.9. The Morgan fingerprint density at radius 1 is 1.57 bits per heavy atom. The largest absolute Gasteiger partial charge is 0.262 e. The lowest BCUT2D eigenvalue weighted by molar-refractivity contribution is 0.597.